The van der Waals surface area contributed by atoms with Crippen LogP contribution in [0.25, 0.3) is 10.9 Å². The zero-order valence-electron chi connectivity index (χ0n) is 7.91. The maximum Gasteiger partial charge on any atom is 0.0991 e. The zero-order chi connectivity index (χ0) is 10.1. The van der Waals surface area contributed by atoms with E-state index < -0.39 is 0 Å². The molecular weight excluding hydrogens is 174 g/mol. The number of nitrogens with one attached hydrogen (secondary N) is 1. The molecule has 0 amide bonds. The summed E-state index contributed by atoms with van der Waals surface area (Å²) < 4.78 is 0. The Balaban J connectivity index is 2.71. The summed E-state index contributed by atoms with van der Waals surface area (Å²) in [5.41, 5.74) is 8.56. The van der Waals surface area contributed by atoms with Gasteiger partial charge in [0.05, 0.1) is 11.6 Å². The maximum absolute atomic E-state index is 8.77. The van der Waals surface area contributed by atoms with Gasteiger partial charge in [0.1, 0.15) is 0 Å². The summed E-state index contributed by atoms with van der Waals surface area (Å²) in [6, 6.07) is 7.67. The Morgan fingerprint density at radius 3 is 2.93 bits per heavy atom. The predicted molar refractivity (Wildman–Crippen MR) is 55.6 cm³/mol. The van der Waals surface area contributed by atoms with Crippen molar-refractivity contribution < 1.29 is 0 Å². The molecule has 2 aromatic rings. The highest BCUT2D eigenvalue weighted by atomic mass is 14.7. The first-order chi connectivity index (χ1) is 6.72. The molecule has 0 fully saturated rings. The minimum Gasteiger partial charge on any atom is -0.361 e. The van der Waals surface area contributed by atoms with Gasteiger partial charge in [0.15, 0.2) is 0 Å². The van der Waals surface area contributed by atoms with Crippen LogP contribution in [0, 0.1) is 11.3 Å². The van der Waals surface area contributed by atoms with Crippen molar-refractivity contribution in [2.45, 2.75) is 13.0 Å². The second-order valence-electron chi connectivity index (χ2n) is 3.40. The van der Waals surface area contributed by atoms with Gasteiger partial charge < -0.3 is 10.7 Å². The number of hydrogen-bond acceptors (Lipinski definition) is 2. The van der Waals surface area contributed by atoms with Crippen molar-refractivity contribution in [1.29, 1.82) is 5.26 Å². The van der Waals surface area contributed by atoms with Gasteiger partial charge in [0.25, 0.3) is 0 Å². The number of fused-ring (bicyclic) bond motifs is 1. The first kappa shape index (κ1) is 8.79. The van der Waals surface area contributed by atoms with Crippen LogP contribution >= 0.6 is 0 Å². The van der Waals surface area contributed by atoms with E-state index in [-0.39, 0.29) is 6.04 Å². The SMILES string of the molecule is C[C@@H](N)c1c[nH]c2ccc(C#N)cc12. The Morgan fingerprint density at radius 1 is 1.50 bits per heavy atom. The van der Waals surface area contributed by atoms with Gasteiger partial charge in [-0.15, -0.1) is 0 Å². The fraction of sp³-hybridized carbons (Fsp3) is 0.182. The molecule has 1 heterocycles. The fourth-order valence-corrected chi connectivity index (χ4v) is 1.59. The maximum atomic E-state index is 8.77. The van der Waals surface area contributed by atoms with Crippen LogP contribution < -0.4 is 5.73 Å². The number of nitrogens with zero attached hydrogens (tertiary/aromatic N) is 1. The number of nitrogens with two attached hydrogens (primary N) is 1. The van der Waals surface area contributed by atoms with E-state index in [9.17, 15) is 0 Å². The van der Waals surface area contributed by atoms with E-state index in [0.29, 0.717) is 5.56 Å². The average molecular weight is 185 g/mol. The van der Waals surface area contributed by atoms with E-state index in [1.807, 2.05) is 25.3 Å². The number of aromatic nitrogens is 1. The van der Waals surface area contributed by atoms with Crippen molar-refractivity contribution in [3.63, 3.8) is 0 Å². The van der Waals surface area contributed by atoms with Crippen LogP contribution in [0.4, 0.5) is 0 Å². The Morgan fingerprint density at radius 2 is 2.29 bits per heavy atom. The number of rotatable bonds is 1. The van der Waals surface area contributed by atoms with Crippen molar-refractivity contribution in [1.82, 2.24) is 4.98 Å². The van der Waals surface area contributed by atoms with Crippen LogP contribution in [-0.4, -0.2) is 4.98 Å². The molecule has 2 rings (SSSR count). The Kier molecular flexibility index (Phi) is 1.99. The summed E-state index contributed by atoms with van der Waals surface area (Å²) in [5, 5.41) is 9.81. The number of benzene rings is 1. The van der Waals surface area contributed by atoms with E-state index in [2.05, 4.69) is 11.1 Å². The van der Waals surface area contributed by atoms with E-state index in [1.165, 1.54) is 0 Å². The standard InChI is InChI=1S/C11H11N3/c1-7(13)10-6-14-11-3-2-8(5-12)4-9(10)11/h2-4,6-7,14H,13H2,1H3/t7-/m1/s1. The lowest BCUT2D eigenvalue weighted by atomic mass is 10.1. The van der Waals surface area contributed by atoms with Crippen molar-refractivity contribution in [3.8, 4) is 6.07 Å². The fourth-order valence-electron chi connectivity index (χ4n) is 1.59. The van der Waals surface area contributed by atoms with Gasteiger partial charge in [-0.25, -0.2) is 0 Å². The highest BCUT2D eigenvalue weighted by Gasteiger charge is 2.07. The molecular formula is C11H11N3. The smallest absolute Gasteiger partial charge is 0.0991 e. The average Bonchev–Trinajstić information content (AvgIpc) is 2.59. The van der Waals surface area contributed by atoms with Gasteiger partial charge >= 0.3 is 0 Å². The lowest BCUT2D eigenvalue weighted by Gasteiger charge is -2.02. The third kappa shape index (κ3) is 1.26. The largest absolute Gasteiger partial charge is 0.361 e. The van der Waals surface area contributed by atoms with Gasteiger partial charge in [-0.1, -0.05) is 0 Å². The Bertz CT molecular complexity index is 503. The van der Waals surface area contributed by atoms with Crippen molar-refractivity contribution in [3.05, 3.63) is 35.5 Å². The third-order valence-corrected chi connectivity index (χ3v) is 2.33. The molecule has 3 N–H and O–H groups in total. The molecule has 0 spiro atoms. The number of aromatic amines is 1. The molecule has 0 bridgehead atoms. The highest BCUT2D eigenvalue weighted by Crippen LogP contribution is 2.23. The van der Waals surface area contributed by atoms with Crippen LogP contribution in [0.5, 0.6) is 0 Å². The third-order valence-electron chi connectivity index (χ3n) is 2.33. The summed E-state index contributed by atoms with van der Waals surface area (Å²) in [7, 11) is 0. The summed E-state index contributed by atoms with van der Waals surface area (Å²) >= 11 is 0. The van der Waals surface area contributed by atoms with Gasteiger partial charge in [-0.3, -0.25) is 0 Å². The van der Waals surface area contributed by atoms with Gasteiger partial charge in [-0.2, -0.15) is 5.26 Å². The summed E-state index contributed by atoms with van der Waals surface area (Å²) in [6.07, 6.45) is 1.90. The van der Waals surface area contributed by atoms with Gasteiger partial charge in [-0.05, 0) is 30.7 Å². The molecule has 0 aliphatic rings. The number of H-pyrrole nitrogens is 1. The first-order valence-corrected chi connectivity index (χ1v) is 4.49. The summed E-state index contributed by atoms with van der Waals surface area (Å²) in [6.45, 7) is 1.93. The molecule has 0 radical (unpaired) electrons. The summed E-state index contributed by atoms with van der Waals surface area (Å²) in [5.74, 6) is 0. The summed E-state index contributed by atoms with van der Waals surface area (Å²) in [4.78, 5) is 3.13. The van der Waals surface area contributed by atoms with E-state index in [1.54, 1.807) is 6.07 Å². The molecule has 14 heavy (non-hydrogen) atoms. The van der Waals surface area contributed by atoms with Crippen molar-refractivity contribution >= 4 is 10.9 Å². The van der Waals surface area contributed by atoms with Crippen LogP contribution in [0.1, 0.15) is 24.1 Å². The molecule has 0 aliphatic heterocycles. The highest BCUT2D eigenvalue weighted by molar-refractivity contribution is 5.84. The molecule has 0 saturated heterocycles. The van der Waals surface area contributed by atoms with Crippen LogP contribution in [0.3, 0.4) is 0 Å². The number of nitriles is 1. The minimum absolute atomic E-state index is 0.0160. The quantitative estimate of drug-likeness (QED) is 0.714. The Labute approximate surface area is 82.1 Å². The van der Waals surface area contributed by atoms with E-state index >= 15 is 0 Å². The molecule has 0 aliphatic carbocycles. The molecule has 1 atom stereocenters. The Hall–Kier alpha value is -1.79. The van der Waals surface area contributed by atoms with E-state index in [4.69, 9.17) is 11.0 Å². The number of hydrogen-bond donors (Lipinski definition) is 2. The second-order valence-corrected chi connectivity index (χ2v) is 3.40. The zero-order valence-corrected chi connectivity index (χ0v) is 7.91. The van der Waals surface area contributed by atoms with Crippen LogP contribution in [0.2, 0.25) is 0 Å². The molecule has 3 heteroatoms. The minimum atomic E-state index is -0.0160. The van der Waals surface area contributed by atoms with Crippen LogP contribution in [0.15, 0.2) is 24.4 Å². The molecule has 1 aromatic carbocycles. The first-order valence-electron chi connectivity index (χ1n) is 4.49. The molecule has 1 aromatic heterocycles. The lowest BCUT2D eigenvalue weighted by Crippen LogP contribution is -2.03. The predicted octanol–water partition coefficient (Wildman–Crippen LogP) is 2.06. The topological polar surface area (TPSA) is 65.6 Å². The molecule has 0 unspecified atom stereocenters. The lowest BCUT2D eigenvalue weighted by molar-refractivity contribution is 0.826. The van der Waals surface area contributed by atoms with Gasteiger partial charge in [0.2, 0.25) is 0 Å². The van der Waals surface area contributed by atoms with Crippen molar-refractivity contribution in [2.75, 3.05) is 0 Å². The molecule has 3 nitrogen and oxygen atoms in total. The molecule has 0 saturated carbocycles. The van der Waals surface area contributed by atoms with E-state index in [0.717, 1.165) is 16.5 Å². The normalized spacial score (nSPS) is 12.6. The monoisotopic (exact) mass is 185 g/mol. The second kappa shape index (κ2) is 3.17. The van der Waals surface area contributed by atoms with Crippen LogP contribution in [-0.2, 0) is 0 Å². The van der Waals surface area contributed by atoms with Gasteiger partial charge in [0, 0.05) is 23.1 Å². The van der Waals surface area contributed by atoms with Crippen molar-refractivity contribution in [2.24, 2.45) is 5.73 Å². The molecule has 70 valence electrons.